The Bertz CT molecular complexity index is 473. The Labute approximate surface area is 156 Å². The summed E-state index contributed by atoms with van der Waals surface area (Å²) >= 11 is 3.59. The highest BCUT2D eigenvalue weighted by atomic mass is 32.2. The minimum absolute atomic E-state index is 0.170. The molecule has 0 radical (unpaired) electrons. The normalized spacial score (nSPS) is 31.4. The van der Waals surface area contributed by atoms with E-state index < -0.39 is 0 Å². The second-order valence-corrected chi connectivity index (χ2v) is 13.0. The molecule has 0 amide bonds. The summed E-state index contributed by atoms with van der Waals surface area (Å²) in [7, 11) is 0. The predicted molar refractivity (Wildman–Crippen MR) is 107 cm³/mol. The monoisotopic (exact) mass is 370 g/mol. The second-order valence-electron chi connectivity index (χ2n) is 9.55. The molecule has 2 aliphatic rings. The lowest BCUT2D eigenvalue weighted by Gasteiger charge is -2.22. The van der Waals surface area contributed by atoms with Gasteiger partial charge >= 0.3 is 0 Å². The zero-order chi connectivity index (χ0) is 18.1. The molecule has 0 spiro atoms. The van der Waals surface area contributed by atoms with Crippen LogP contribution in [0.3, 0.4) is 0 Å². The van der Waals surface area contributed by atoms with E-state index in [-0.39, 0.29) is 22.0 Å². The van der Waals surface area contributed by atoms with Crippen LogP contribution in [-0.4, -0.2) is 26.1 Å². The Morgan fingerprint density at radius 2 is 1.33 bits per heavy atom. The largest absolute Gasteiger partial charge is 0.299 e. The molecule has 2 fully saturated rings. The molecule has 0 aliphatic heterocycles. The minimum Gasteiger partial charge on any atom is -0.299 e. The maximum absolute atomic E-state index is 12.7. The van der Waals surface area contributed by atoms with Gasteiger partial charge < -0.3 is 0 Å². The Hall–Kier alpha value is 0.0400. The molecule has 0 bridgehead atoms. The SMILES string of the molecule is CC(C)(C)S[C@@H]1CC[C@@H](C(=O)S[C@H]2CC[C@@H](C(=O)C(C)(C)C)C2)C1. The molecule has 0 unspecified atom stereocenters. The van der Waals surface area contributed by atoms with Crippen molar-refractivity contribution >= 4 is 34.4 Å². The summed E-state index contributed by atoms with van der Waals surface area (Å²) in [6.07, 6.45) is 6.17. The van der Waals surface area contributed by atoms with E-state index in [9.17, 15) is 9.59 Å². The maximum Gasteiger partial charge on any atom is 0.192 e. The summed E-state index contributed by atoms with van der Waals surface area (Å²) in [5.41, 5.74) is -0.253. The Balaban J connectivity index is 1.79. The quantitative estimate of drug-likeness (QED) is 0.633. The van der Waals surface area contributed by atoms with Crippen LogP contribution in [0.4, 0.5) is 0 Å². The van der Waals surface area contributed by atoms with E-state index >= 15 is 0 Å². The number of thioether (sulfide) groups is 2. The molecule has 2 saturated carbocycles. The molecule has 2 rings (SSSR count). The zero-order valence-electron chi connectivity index (χ0n) is 16.2. The summed E-state index contributed by atoms with van der Waals surface area (Å²) in [5, 5.41) is 1.39. The smallest absolute Gasteiger partial charge is 0.192 e. The van der Waals surface area contributed by atoms with Crippen molar-refractivity contribution in [1.82, 2.24) is 0 Å². The summed E-state index contributed by atoms with van der Waals surface area (Å²) in [6, 6.07) is 0. The molecular weight excluding hydrogens is 336 g/mol. The number of hydrogen-bond donors (Lipinski definition) is 0. The van der Waals surface area contributed by atoms with Gasteiger partial charge in [0.1, 0.15) is 5.78 Å². The summed E-state index contributed by atoms with van der Waals surface area (Å²) in [5.74, 6) is 0.788. The number of ketones is 1. The fraction of sp³-hybridized carbons (Fsp3) is 0.900. The average Bonchev–Trinajstić information content (AvgIpc) is 3.04. The van der Waals surface area contributed by atoms with Gasteiger partial charge in [-0.3, -0.25) is 9.59 Å². The van der Waals surface area contributed by atoms with Crippen molar-refractivity contribution in [2.45, 2.75) is 95.3 Å². The van der Waals surface area contributed by atoms with Gasteiger partial charge in [-0.1, -0.05) is 53.3 Å². The number of Topliss-reactive ketones (excluding diaryl/α,β-unsaturated/α-hetero) is 1. The van der Waals surface area contributed by atoms with Crippen LogP contribution < -0.4 is 0 Å². The molecule has 0 N–H and O–H groups in total. The fourth-order valence-electron chi connectivity index (χ4n) is 3.92. The van der Waals surface area contributed by atoms with Crippen LogP contribution in [0.15, 0.2) is 0 Å². The maximum atomic E-state index is 12.7. The van der Waals surface area contributed by atoms with Crippen LogP contribution in [-0.2, 0) is 9.59 Å². The van der Waals surface area contributed by atoms with Gasteiger partial charge in [-0.2, -0.15) is 11.8 Å². The van der Waals surface area contributed by atoms with E-state index in [4.69, 9.17) is 0 Å². The van der Waals surface area contributed by atoms with Gasteiger partial charge in [0.2, 0.25) is 0 Å². The van der Waals surface area contributed by atoms with Crippen molar-refractivity contribution in [3.8, 4) is 0 Å². The van der Waals surface area contributed by atoms with E-state index in [1.54, 1.807) is 11.8 Å². The second kappa shape index (κ2) is 7.73. The van der Waals surface area contributed by atoms with Crippen molar-refractivity contribution in [3.63, 3.8) is 0 Å². The van der Waals surface area contributed by atoms with Gasteiger partial charge in [-0.15, -0.1) is 0 Å². The van der Waals surface area contributed by atoms with Crippen molar-refractivity contribution in [2.75, 3.05) is 0 Å². The minimum atomic E-state index is -0.253. The van der Waals surface area contributed by atoms with Gasteiger partial charge in [0, 0.05) is 32.5 Å². The number of carbonyl (C=O) groups is 2. The summed E-state index contributed by atoms with van der Waals surface area (Å²) in [4.78, 5) is 25.1. The number of rotatable bonds is 4. The van der Waals surface area contributed by atoms with Gasteiger partial charge in [-0.25, -0.2) is 0 Å². The van der Waals surface area contributed by atoms with Crippen LogP contribution in [0.5, 0.6) is 0 Å². The van der Waals surface area contributed by atoms with Crippen molar-refractivity contribution < 1.29 is 9.59 Å². The molecule has 2 aliphatic carbocycles. The third-order valence-corrected chi connectivity index (χ3v) is 7.81. The molecule has 24 heavy (non-hydrogen) atoms. The van der Waals surface area contributed by atoms with Gasteiger partial charge in [0.05, 0.1) is 0 Å². The summed E-state index contributed by atoms with van der Waals surface area (Å²) < 4.78 is 0.280. The van der Waals surface area contributed by atoms with Crippen molar-refractivity contribution in [1.29, 1.82) is 0 Å². The van der Waals surface area contributed by atoms with E-state index in [1.807, 2.05) is 32.5 Å². The predicted octanol–water partition coefficient (Wildman–Crippen LogP) is 5.73. The Morgan fingerprint density at radius 3 is 1.92 bits per heavy atom. The molecule has 0 aromatic carbocycles. The molecule has 4 heteroatoms. The Morgan fingerprint density at radius 1 is 0.792 bits per heavy atom. The van der Waals surface area contributed by atoms with E-state index in [0.29, 0.717) is 21.4 Å². The topological polar surface area (TPSA) is 34.1 Å². The average molecular weight is 371 g/mol. The highest BCUT2D eigenvalue weighted by Crippen LogP contribution is 2.44. The highest BCUT2D eigenvalue weighted by Gasteiger charge is 2.38. The number of hydrogen-bond acceptors (Lipinski definition) is 4. The van der Waals surface area contributed by atoms with E-state index in [2.05, 4.69) is 20.8 Å². The first-order chi connectivity index (χ1) is 11.0. The molecule has 138 valence electrons. The molecule has 4 atom stereocenters. The standard InChI is InChI=1S/C20H34O2S2/c1-19(2,3)17(21)13-7-9-15(11-13)23-18(22)14-8-10-16(12-14)24-20(4,5)6/h13-16H,7-12H2,1-6H3/t13-,14-,15+,16-/m1/s1. The van der Waals surface area contributed by atoms with Crippen molar-refractivity contribution in [3.05, 3.63) is 0 Å². The van der Waals surface area contributed by atoms with Crippen LogP contribution in [0.2, 0.25) is 0 Å². The van der Waals surface area contributed by atoms with Crippen molar-refractivity contribution in [2.24, 2.45) is 17.3 Å². The van der Waals surface area contributed by atoms with Gasteiger partial charge in [0.15, 0.2) is 5.12 Å². The first kappa shape index (κ1) is 20.4. The lowest BCUT2D eigenvalue weighted by Crippen LogP contribution is -2.27. The van der Waals surface area contributed by atoms with Crippen LogP contribution in [0.25, 0.3) is 0 Å². The third-order valence-electron chi connectivity index (χ3n) is 5.02. The first-order valence-corrected chi connectivity index (χ1v) is 11.1. The van der Waals surface area contributed by atoms with E-state index in [1.165, 1.54) is 6.42 Å². The molecule has 2 nitrogen and oxygen atoms in total. The zero-order valence-corrected chi connectivity index (χ0v) is 17.8. The molecule has 0 saturated heterocycles. The first-order valence-electron chi connectivity index (χ1n) is 9.38. The molecule has 0 aromatic heterocycles. The van der Waals surface area contributed by atoms with Gasteiger partial charge in [-0.05, 0) is 38.5 Å². The van der Waals surface area contributed by atoms with Gasteiger partial charge in [0.25, 0.3) is 0 Å². The fourth-order valence-corrected chi connectivity index (χ4v) is 6.82. The lowest BCUT2D eigenvalue weighted by atomic mass is 9.82. The lowest BCUT2D eigenvalue weighted by molar-refractivity contribution is -0.130. The van der Waals surface area contributed by atoms with E-state index in [0.717, 1.165) is 32.1 Å². The summed E-state index contributed by atoms with van der Waals surface area (Å²) in [6.45, 7) is 12.8. The van der Waals surface area contributed by atoms with Crippen LogP contribution in [0, 0.1) is 17.3 Å². The van der Waals surface area contributed by atoms with Crippen LogP contribution in [0.1, 0.15) is 80.1 Å². The van der Waals surface area contributed by atoms with Crippen LogP contribution >= 0.6 is 23.5 Å². The third kappa shape index (κ3) is 5.79. The highest BCUT2D eigenvalue weighted by molar-refractivity contribution is 8.14. The molecular formula is C20H34O2S2. The Kier molecular flexibility index (Phi) is 6.56. The number of carbonyl (C=O) groups excluding carboxylic acids is 2. The molecule has 0 heterocycles. The molecule has 0 aromatic rings.